The topological polar surface area (TPSA) is 38.0 Å². The average Bonchev–Trinajstić information content (AvgIpc) is 2.89. The van der Waals surface area contributed by atoms with E-state index in [0.717, 1.165) is 18.5 Å². The minimum absolute atomic E-state index is 0.510. The maximum Gasteiger partial charge on any atom is 0.0328 e. The van der Waals surface area contributed by atoms with Crippen LogP contribution in [0.3, 0.4) is 0 Å². The summed E-state index contributed by atoms with van der Waals surface area (Å²) in [5.41, 5.74) is 12.7. The molecule has 0 saturated heterocycles. The van der Waals surface area contributed by atoms with E-state index in [-0.39, 0.29) is 0 Å². The Morgan fingerprint density at radius 1 is 0.905 bits per heavy atom. The second-order valence-corrected chi connectivity index (χ2v) is 6.42. The zero-order valence-corrected chi connectivity index (χ0v) is 12.3. The quantitative estimate of drug-likeness (QED) is 0.826. The Morgan fingerprint density at radius 2 is 1.71 bits per heavy atom. The summed E-state index contributed by atoms with van der Waals surface area (Å²) in [5.74, 6) is 0. The van der Waals surface area contributed by atoms with Crippen molar-refractivity contribution in [1.29, 1.82) is 0 Å². The van der Waals surface area contributed by atoms with Gasteiger partial charge in [0.1, 0.15) is 0 Å². The molecule has 0 radical (unpaired) electrons. The number of nitrogens with one attached hydrogen (secondary N) is 1. The van der Waals surface area contributed by atoms with Crippen LogP contribution in [0, 0.1) is 0 Å². The molecule has 0 amide bonds. The van der Waals surface area contributed by atoms with Crippen LogP contribution in [0.5, 0.6) is 0 Å². The Labute approximate surface area is 126 Å². The van der Waals surface area contributed by atoms with Crippen molar-refractivity contribution in [3.63, 3.8) is 0 Å². The second kappa shape index (κ2) is 5.19. The van der Waals surface area contributed by atoms with E-state index < -0.39 is 0 Å². The van der Waals surface area contributed by atoms with Crippen LogP contribution >= 0.6 is 0 Å². The van der Waals surface area contributed by atoms with Gasteiger partial charge in [0.25, 0.3) is 0 Å². The summed E-state index contributed by atoms with van der Waals surface area (Å²) in [6, 6.07) is 16.4. The Morgan fingerprint density at radius 3 is 2.62 bits per heavy atom. The van der Waals surface area contributed by atoms with Crippen molar-refractivity contribution in [2.45, 2.75) is 44.2 Å². The SMILES string of the molecule is Nc1ccc2c(c1)CCC2NC1CCc2ccccc2C1. The summed E-state index contributed by atoms with van der Waals surface area (Å²) >= 11 is 0. The van der Waals surface area contributed by atoms with Gasteiger partial charge in [-0.25, -0.2) is 0 Å². The summed E-state index contributed by atoms with van der Waals surface area (Å²) in [5, 5.41) is 3.89. The van der Waals surface area contributed by atoms with E-state index in [1.165, 1.54) is 41.5 Å². The number of hydrogen-bond acceptors (Lipinski definition) is 2. The molecule has 2 heteroatoms. The highest BCUT2D eigenvalue weighted by molar-refractivity contribution is 5.47. The zero-order valence-electron chi connectivity index (χ0n) is 12.3. The van der Waals surface area contributed by atoms with Crippen LogP contribution in [-0.2, 0) is 19.3 Å². The minimum Gasteiger partial charge on any atom is -0.399 e. The lowest BCUT2D eigenvalue weighted by molar-refractivity contribution is 0.397. The first-order valence-corrected chi connectivity index (χ1v) is 8.01. The van der Waals surface area contributed by atoms with Gasteiger partial charge in [-0.05, 0) is 66.5 Å². The Hall–Kier alpha value is -1.80. The highest BCUT2D eigenvalue weighted by Crippen LogP contribution is 2.34. The van der Waals surface area contributed by atoms with Crippen molar-refractivity contribution in [2.24, 2.45) is 0 Å². The summed E-state index contributed by atoms with van der Waals surface area (Å²) in [7, 11) is 0. The van der Waals surface area contributed by atoms with Gasteiger partial charge < -0.3 is 11.1 Å². The number of aryl methyl sites for hydroxylation is 2. The van der Waals surface area contributed by atoms with Gasteiger partial charge in [0, 0.05) is 17.8 Å². The van der Waals surface area contributed by atoms with Gasteiger partial charge in [-0.1, -0.05) is 30.3 Å². The molecule has 0 spiro atoms. The molecule has 0 fully saturated rings. The number of rotatable bonds is 2. The maximum atomic E-state index is 5.89. The van der Waals surface area contributed by atoms with Crippen molar-refractivity contribution in [1.82, 2.24) is 5.32 Å². The molecule has 0 saturated carbocycles. The molecule has 2 aliphatic carbocycles. The molecule has 2 aliphatic rings. The van der Waals surface area contributed by atoms with Gasteiger partial charge in [-0.3, -0.25) is 0 Å². The predicted molar refractivity (Wildman–Crippen MR) is 87.3 cm³/mol. The Bertz CT molecular complexity index is 662. The number of nitrogens with two attached hydrogens (primary N) is 1. The second-order valence-electron chi connectivity index (χ2n) is 6.42. The number of nitrogen functional groups attached to an aromatic ring is 1. The van der Waals surface area contributed by atoms with Crippen LogP contribution in [0.4, 0.5) is 5.69 Å². The van der Waals surface area contributed by atoms with E-state index in [0.29, 0.717) is 12.1 Å². The van der Waals surface area contributed by atoms with Crippen LogP contribution in [0.2, 0.25) is 0 Å². The van der Waals surface area contributed by atoms with Crippen LogP contribution in [-0.4, -0.2) is 6.04 Å². The van der Waals surface area contributed by atoms with Gasteiger partial charge >= 0.3 is 0 Å². The molecule has 3 N–H and O–H groups in total. The third-order valence-electron chi connectivity index (χ3n) is 5.03. The number of benzene rings is 2. The molecule has 0 heterocycles. The molecular formula is C19H22N2. The van der Waals surface area contributed by atoms with Crippen molar-refractivity contribution >= 4 is 5.69 Å². The van der Waals surface area contributed by atoms with Crippen LogP contribution in [0.15, 0.2) is 42.5 Å². The lowest BCUT2D eigenvalue weighted by Gasteiger charge is -2.28. The molecule has 0 bridgehead atoms. The molecule has 2 atom stereocenters. The van der Waals surface area contributed by atoms with Crippen LogP contribution in [0.25, 0.3) is 0 Å². The van der Waals surface area contributed by atoms with Crippen LogP contribution in [0.1, 0.15) is 41.1 Å². The van der Waals surface area contributed by atoms with Crippen molar-refractivity contribution < 1.29 is 0 Å². The van der Waals surface area contributed by atoms with Gasteiger partial charge in [0.05, 0.1) is 0 Å². The maximum absolute atomic E-state index is 5.89. The molecule has 0 aliphatic heterocycles. The summed E-state index contributed by atoms with van der Waals surface area (Å²) in [6.07, 6.45) is 5.97. The van der Waals surface area contributed by atoms with E-state index in [4.69, 9.17) is 5.73 Å². The lowest BCUT2D eigenvalue weighted by atomic mass is 9.88. The van der Waals surface area contributed by atoms with Crippen molar-refractivity contribution in [3.05, 3.63) is 64.7 Å². The van der Waals surface area contributed by atoms with Gasteiger partial charge in [-0.15, -0.1) is 0 Å². The smallest absolute Gasteiger partial charge is 0.0328 e. The molecule has 2 aromatic rings. The molecular weight excluding hydrogens is 256 g/mol. The van der Waals surface area contributed by atoms with Gasteiger partial charge in [-0.2, -0.15) is 0 Å². The fourth-order valence-corrected chi connectivity index (χ4v) is 3.94. The molecule has 21 heavy (non-hydrogen) atoms. The zero-order chi connectivity index (χ0) is 14.2. The highest BCUT2D eigenvalue weighted by Gasteiger charge is 2.26. The minimum atomic E-state index is 0.510. The summed E-state index contributed by atoms with van der Waals surface area (Å²) in [4.78, 5) is 0. The van der Waals surface area contributed by atoms with E-state index in [1.807, 2.05) is 6.07 Å². The summed E-state index contributed by atoms with van der Waals surface area (Å²) < 4.78 is 0. The molecule has 2 aromatic carbocycles. The van der Waals surface area contributed by atoms with E-state index in [2.05, 4.69) is 41.7 Å². The van der Waals surface area contributed by atoms with Gasteiger partial charge in [0.15, 0.2) is 0 Å². The molecule has 2 unspecified atom stereocenters. The lowest BCUT2D eigenvalue weighted by Crippen LogP contribution is -2.36. The average molecular weight is 278 g/mol. The van der Waals surface area contributed by atoms with Crippen LogP contribution < -0.4 is 11.1 Å². The molecule has 108 valence electrons. The van der Waals surface area contributed by atoms with Crippen molar-refractivity contribution in [2.75, 3.05) is 5.73 Å². The first-order valence-electron chi connectivity index (χ1n) is 8.01. The fourth-order valence-electron chi connectivity index (χ4n) is 3.94. The molecule has 0 aromatic heterocycles. The van der Waals surface area contributed by atoms with E-state index >= 15 is 0 Å². The summed E-state index contributed by atoms with van der Waals surface area (Å²) in [6.45, 7) is 0. The van der Waals surface area contributed by atoms with E-state index in [9.17, 15) is 0 Å². The third kappa shape index (κ3) is 2.44. The van der Waals surface area contributed by atoms with E-state index in [1.54, 1.807) is 0 Å². The number of hydrogen-bond donors (Lipinski definition) is 2. The Balaban J connectivity index is 1.49. The largest absolute Gasteiger partial charge is 0.399 e. The highest BCUT2D eigenvalue weighted by atomic mass is 15.0. The monoisotopic (exact) mass is 278 g/mol. The molecule has 4 rings (SSSR count). The first kappa shape index (κ1) is 12.9. The van der Waals surface area contributed by atoms with Gasteiger partial charge in [0.2, 0.25) is 0 Å². The number of fused-ring (bicyclic) bond motifs is 2. The number of anilines is 1. The fraction of sp³-hybridized carbons (Fsp3) is 0.368. The third-order valence-corrected chi connectivity index (χ3v) is 5.03. The first-order chi connectivity index (χ1) is 10.3. The standard InChI is InChI=1S/C19H22N2/c20-16-7-9-18-15(11-16)6-10-19(18)21-17-8-5-13-3-1-2-4-14(13)12-17/h1-4,7,9,11,17,19,21H,5-6,8,10,12,20H2. The van der Waals surface area contributed by atoms with Crippen molar-refractivity contribution in [3.8, 4) is 0 Å². The predicted octanol–water partition coefficient (Wildman–Crippen LogP) is 3.40. The normalized spacial score (nSPS) is 23.6. The molecule has 2 nitrogen and oxygen atoms in total. The Kier molecular flexibility index (Phi) is 3.19.